The fraction of sp³-hybridized carbons (Fsp3) is 0.609. The number of ether oxygens (including phenoxy) is 1. The van der Waals surface area contributed by atoms with Crippen molar-refractivity contribution in [2.24, 2.45) is 5.92 Å². The van der Waals surface area contributed by atoms with Gasteiger partial charge in [0.1, 0.15) is 0 Å². The summed E-state index contributed by atoms with van der Waals surface area (Å²) in [6.45, 7) is 0.00111. The van der Waals surface area contributed by atoms with E-state index in [4.69, 9.17) is 0 Å². The van der Waals surface area contributed by atoms with Crippen LogP contribution in [-0.4, -0.2) is 55.2 Å². The molecule has 1 aromatic rings. The van der Waals surface area contributed by atoms with E-state index in [1.54, 1.807) is 18.2 Å². The molecule has 0 bridgehead atoms. The maximum Gasteiger partial charge on any atom is 0.471 e. The van der Waals surface area contributed by atoms with E-state index < -0.39 is 12.1 Å². The summed E-state index contributed by atoms with van der Waals surface area (Å²) in [5, 5.41) is 5.78. The van der Waals surface area contributed by atoms with Gasteiger partial charge in [0, 0.05) is 31.2 Å². The van der Waals surface area contributed by atoms with E-state index in [-0.39, 0.29) is 31.1 Å². The number of rotatable bonds is 5. The van der Waals surface area contributed by atoms with Crippen molar-refractivity contribution in [2.75, 3.05) is 25.5 Å². The van der Waals surface area contributed by atoms with Crippen LogP contribution < -0.4 is 10.6 Å². The van der Waals surface area contributed by atoms with E-state index in [0.29, 0.717) is 30.9 Å². The molecule has 2 aliphatic rings. The van der Waals surface area contributed by atoms with Crippen molar-refractivity contribution in [2.45, 2.75) is 63.6 Å². The number of hydrogen-bond donors (Lipinski definition) is 2. The topological polar surface area (TPSA) is 87.7 Å². The van der Waals surface area contributed by atoms with Crippen molar-refractivity contribution in [3.8, 4) is 0 Å². The van der Waals surface area contributed by atoms with Gasteiger partial charge in [0.2, 0.25) is 0 Å². The van der Waals surface area contributed by atoms with Crippen LogP contribution in [-0.2, 0) is 27.2 Å². The van der Waals surface area contributed by atoms with Crippen LogP contribution in [0.1, 0.15) is 49.7 Å². The van der Waals surface area contributed by atoms with Crippen LogP contribution in [0.15, 0.2) is 18.2 Å². The molecule has 0 saturated heterocycles. The third kappa shape index (κ3) is 7.10. The number of anilines is 1. The molecule has 1 aliphatic heterocycles. The summed E-state index contributed by atoms with van der Waals surface area (Å²) in [6, 6.07) is 5.01. The molecular formula is C23H30F3N3O4. The Morgan fingerprint density at radius 3 is 2.36 bits per heavy atom. The fourth-order valence-electron chi connectivity index (χ4n) is 4.56. The van der Waals surface area contributed by atoms with Crippen molar-refractivity contribution in [3.63, 3.8) is 0 Å². The van der Waals surface area contributed by atoms with Crippen molar-refractivity contribution in [1.29, 1.82) is 0 Å². The normalized spacial score (nSPS) is 20.9. The molecule has 10 heteroatoms. The lowest BCUT2D eigenvalue weighted by molar-refractivity contribution is -0.185. The number of nitrogens with zero attached hydrogens (tertiary/aromatic N) is 1. The number of alkyl halides is 3. The number of benzene rings is 1. The second-order valence-corrected chi connectivity index (χ2v) is 8.70. The minimum absolute atomic E-state index is 0.0137. The zero-order valence-electron chi connectivity index (χ0n) is 18.7. The lowest BCUT2D eigenvalue weighted by atomic mass is 9.83. The largest absolute Gasteiger partial charge is 0.471 e. The molecular weight excluding hydrogens is 439 g/mol. The van der Waals surface area contributed by atoms with Crippen molar-refractivity contribution < 1.29 is 32.3 Å². The van der Waals surface area contributed by atoms with E-state index in [9.17, 15) is 27.6 Å². The number of halogens is 3. The Kier molecular flexibility index (Phi) is 8.20. The van der Waals surface area contributed by atoms with E-state index in [1.807, 2.05) is 0 Å². The summed E-state index contributed by atoms with van der Waals surface area (Å²) in [7, 11) is 1.38. The SMILES string of the molecule is COC(=O)CCC1CCC(NC(=O)Nc2ccc3c(c2)CCN(C(=O)C(F)(F)F)CC3)CC1. The first kappa shape index (κ1) is 24.9. The summed E-state index contributed by atoms with van der Waals surface area (Å²) < 4.78 is 42.9. The molecule has 33 heavy (non-hydrogen) atoms. The van der Waals surface area contributed by atoms with Crippen molar-refractivity contribution >= 4 is 23.6 Å². The fourth-order valence-corrected chi connectivity index (χ4v) is 4.56. The van der Waals surface area contributed by atoms with Crippen LogP contribution in [0.4, 0.5) is 23.7 Å². The summed E-state index contributed by atoms with van der Waals surface area (Å²) >= 11 is 0. The molecule has 0 radical (unpaired) electrons. The highest BCUT2D eigenvalue weighted by Gasteiger charge is 2.42. The lowest BCUT2D eigenvalue weighted by Gasteiger charge is -2.29. The molecule has 7 nitrogen and oxygen atoms in total. The minimum atomic E-state index is -4.87. The monoisotopic (exact) mass is 469 g/mol. The molecule has 0 aromatic heterocycles. The number of esters is 1. The first-order valence-electron chi connectivity index (χ1n) is 11.3. The molecule has 0 atom stereocenters. The van der Waals surface area contributed by atoms with Gasteiger partial charge < -0.3 is 20.3 Å². The number of methoxy groups -OCH3 is 1. The first-order chi connectivity index (χ1) is 15.7. The molecule has 1 fully saturated rings. The van der Waals surface area contributed by atoms with Gasteiger partial charge in [-0.3, -0.25) is 9.59 Å². The van der Waals surface area contributed by atoms with Crippen LogP contribution in [0.3, 0.4) is 0 Å². The molecule has 3 rings (SSSR count). The van der Waals surface area contributed by atoms with E-state index in [2.05, 4.69) is 15.4 Å². The third-order valence-corrected chi connectivity index (χ3v) is 6.46. The van der Waals surface area contributed by atoms with Gasteiger partial charge in [-0.2, -0.15) is 13.2 Å². The van der Waals surface area contributed by atoms with E-state index >= 15 is 0 Å². The highest BCUT2D eigenvalue weighted by atomic mass is 19.4. The summed E-state index contributed by atoms with van der Waals surface area (Å²) in [5.74, 6) is -1.55. The Hall–Kier alpha value is -2.78. The summed E-state index contributed by atoms with van der Waals surface area (Å²) in [4.78, 5) is 36.1. The van der Waals surface area contributed by atoms with Crippen LogP contribution in [0, 0.1) is 5.92 Å². The van der Waals surface area contributed by atoms with Gasteiger partial charge in [0.05, 0.1) is 7.11 Å². The number of nitrogens with one attached hydrogen (secondary N) is 2. The molecule has 0 unspecified atom stereocenters. The predicted octanol–water partition coefficient (Wildman–Crippen LogP) is 3.81. The Balaban J connectivity index is 1.47. The van der Waals surface area contributed by atoms with Crippen LogP contribution >= 0.6 is 0 Å². The molecule has 0 spiro atoms. The predicted molar refractivity (Wildman–Crippen MR) is 116 cm³/mol. The van der Waals surface area contributed by atoms with Gasteiger partial charge in [-0.1, -0.05) is 6.07 Å². The third-order valence-electron chi connectivity index (χ3n) is 6.46. The number of urea groups is 1. The molecule has 1 aromatic carbocycles. The Morgan fingerprint density at radius 1 is 1.06 bits per heavy atom. The highest BCUT2D eigenvalue weighted by Crippen LogP contribution is 2.28. The van der Waals surface area contributed by atoms with Gasteiger partial charge in [-0.25, -0.2) is 4.79 Å². The average Bonchev–Trinajstić information content (AvgIpc) is 2.99. The molecule has 1 aliphatic carbocycles. The summed E-state index contributed by atoms with van der Waals surface area (Å²) in [6.07, 6.45) is 0.530. The number of carbonyl (C=O) groups excluding carboxylic acids is 3. The number of hydrogen-bond acceptors (Lipinski definition) is 4. The van der Waals surface area contributed by atoms with Gasteiger partial charge in [0.15, 0.2) is 0 Å². The molecule has 3 amide bonds. The zero-order chi connectivity index (χ0) is 24.0. The maximum absolute atomic E-state index is 12.7. The van der Waals surface area contributed by atoms with Crippen LogP contribution in [0.25, 0.3) is 0 Å². The van der Waals surface area contributed by atoms with Gasteiger partial charge in [0.25, 0.3) is 0 Å². The Morgan fingerprint density at radius 2 is 1.73 bits per heavy atom. The quantitative estimate of drug-likeness (QED) is 0.642. The van der Waals surface area contributed by atoms with Crippen molar-refractivity contribution in [3.05, 3.63) is 29.3 Å². The minimum Gasteiger partial charge on any atom is -0.469 e. The Bertz CT molecular complexity index is 867. The number of fused-ring (bicyclic) bond motifs is 1. The van der Waals surface area contributed by atoms with Crippen molar-refractivity contribution in [1.82, 2.24) is 10.2 Å². The zero-order valence-corrected chi connectivity index (χ0v) is 18.7. The average molecular weight is 470 g/mol. The number of amides is 3. The van der Waals surface area contributed by atoms with E-state index in [0.717, 1.165) is 48.1 Å². The summed E-state index contributed by atoms with van der Waals surface area (Å²) in [5.41, 5.74) is 2.27. The molecule has 1 heterocycles. The van der Waals surface area contributed by atoms with Gasteiger partial charge in [-0.05, 0) is 74.1 Å². The second kappa shape index (κ2) is 10.9. The maximum atomic E-state index is 12.7. The first-order valence-corrected chi connectivity index (χ1v) is 11.3. The van der Waals surface area contributed by atoms with Crippen LogP contribution in [0.5, 0.6) is 0 Å². The highest BCUT2D eigenvalue weighted by molar-refractivity contribution is 5.89. The molecule has 1 saturated carbocycles. The number of carbonyl (C=O) groups is 3. The molecule has 182 valence electrons. The van der Waals surface area contributed by atoms with E-state index in [1.165, 1.54) is 7.11 Å². The van der Waals surface area contributed by atoms with Gasteiger partial charge >= 0.3 is 24.1 Å². The second-order valence-electron chi connectivity index (χ2n) is 8.70. The van der Waals surface area contributed by atoms with Gasteiger partial charge in [-0.15, -0.1) is 0 Å². The smallest absolute Gasteiger partial charge is 0.469 e. The molecule has 2 N–H and O–H groups in total. The lowest BCUT2D eigenvalue weighted by Crippen LogP contribution is -2.42. The Labute approximate surface area is 191 Å². The van der Waals surface area contributed by atoms with Crippen LogP contribution in [0.2, 0.25) is 0 Å². The standard InChI is InChI=1S/C23H30F3N3O4/c1-33-20(30)9-4-15-2-6-18(7-3-15)27-22(32)28-19-8-5-16-10-12-29(13-11-17(16)14-19)21(31)23(24,25)26/h5,8,14-15,18H,2-4,6-7,9-13H2,1H3,(H2,27,28,32).